The van der Waals surface area contributed by atoms with E-state index in [1.54, 1.807) is 26.0 Å². The average molecular weight is 296 g/mol. The molecule has 0 aliphatic rings. The highest BCUT2D eigenvalue weighted by molar-refractivity contribution is 7.89. The van der Waals surface area contributed by atoms with Crippen LogP contribution in [0.2, 0.25) is 0 Å². The van der Waals surface area contributed by atoms with Crippen LogP contribution in [0.5, 0.6) is 0 Å². The third kappa shape index (κ3) is 3.06. The van der Waals surface area contributed by atoms with Crippen LogP contribution < -0.4 is 4.72 Å². The van der Waals surface area contributed by atoms with Crippen LogP contribution in [0.3, 0.4) is 0 Å². The minimum Gasteiger partial charge on any atom is -0.392 e. The highest BCUT2D eigenvalue weighted by Crippen LogP contribution is 2.15. The van der Waals surface area contributed by atoms with E-state index in [9.17, 15) is 8.42 Å². The van der Waals surface area contributed by atoms with Crippen molar-refractivity contribution < 1.29 is 18.0 Å². The molecule has 0 aliphatic heterocycles. The second-order valence-corrected chi connectivity index (χ2v) is 6.20. The predicted octanol–water partition coefficient (Wildman–Crippen LogP) is 1.26. The first-order valence-corrected chi connectivity index (χ1v) is 7.53. The molecule has 0 saturated carbocycles. The van der Waals surface area contributed by atoms with Gasteiger partial charge in [-0.2, -0.15) is 0 Å². The van der Waals surface area contributed by atoms with Crippen molar-refractivity contribution in [3.63, 3.8) is 0 Å². The Kier molecular flexibility index (Phi) is 4.22. The minimum atomic E-state index is -3.60. The summed E-state index contributed by atoms with van der Waals surface area (Å²) in [7, 11) is -3.60. The maximum Gasteiger partial charge on any atom is 0.240 e. The second kappa shape index (κ2) is 5.74. The number of aliphatic hydroxyl groups excluding tert-OH is 1. The number of benzene rings is 1. The average Bonchev–Trinajstić information content (AvgIpc) is 2.76. The van der Waals surface area contributed by atoms with Crippen molar-refractivity contribution in [3.05, 3.63) is 46.8 Å². The van der Waals surface area contributed by atoms with Gasteiger partial charge in [0.1, 0.15) is 5.76 Å². The lowest BCUT2D eigenvalue weighted by atomic mass is 10.2. The first kappa shape index (κ1) is 14.7. The molecule has 0 saturated heterocycles. The number of rotatable bonds is 5. The first-order valence-electron chi connectivity index (χ1n) is 6.05. The normalized spacial score (nSPS) is 11.8. The van der Waals surface area contributed by atoms with Crippen LogP contribution >= 0.6 is 0 Å². The van der Waals surface area contributed by atoms with Gasteiger partial charge in [0, 0.05) is 12.1 Å². The van der Waals surface area contributed by atoms with Crippen LogP contribution in [-0.4, -0.2) is 18.7 Å². The van der Waals surface area contributed by atoms with E-state index < -0.39 is 10.0 Å². The number of nitrogens with one attached hydrogen (secondary N) is 1. The molecule has 108 valence electrons. The third-order valence-corrected chi connectivity index (χ3v) is 4.45. The molecular formula is C13H16N2O4S. The van der Waals surface area contributed by atoms with Crippen LogP contribution in [-0.2, 0) is 23.2 Å². The van der Waals surface area contributed by atoms with Crippen molar-refractivity contribution in [3.8, 4) is 0 Å². The molecule has 0 unspecified atom stereocenters. The fraction of sp³-hybridized carbons (Fsp3) is 0.308. The Morgan fingerprint density at radius 1 is 1.25 bits per heavy atom. The van der Waals surface area contributed by atoms with Gasteiger partial charge in [0.25, 0.3) is 0 Å². The topological polar surface area (TPSA) is 92.4 Å². The summed E-state index contributed by atoms with van der Waals surface area (Å²) in [5, 5.41) is 12.7. The fourth-order valence-corrected chi connectivity index (χ4v) is 2.77. The van der Waals surface area contributed by atoms with Crippen molar-refractivity contribution in [1.82, 2.24) is 9.88 Å². The molecule has 2 rings (SSSR count). The second-order valence-electron chi connectivity index (χ2n) is 4.43. The van der Waals surface area contributed by atoms with Crippen LogP contribution in [0.4, 0.5) is 0 Å². The maximum absolute atomic E-state index is 12.1. The van der Waals surface area contributed by atoms with Crippen LogP contribution in [0.25, 0.3) is 0 Å². The molecule has 1 aromatic heterocycles. The zero-order valence-electron chi connectivity index (χ0n) is 11.3. The SMILES string of the molecule is Cc1noc(C)c1CNS(=O)(=O)c1ccc(CO)cc1. The molecule has 20 heavy (non-hydrogen) atoms. The van der Waals surface area contributed by atoms with Crippen molar-refractivity contribution in [2.45, 2.75) is 31.9 Å². The Labute approximate surface area is 117 Å². The van der Waals surface area contributed by atoms with E-state index >= 15 is 0 Å². The molecule has 7 heteroatoms. The van der Waals surface area contributed by atoms with Gasteiger partial charge >= 0.3 is 0 Å². The van der Waals surface area contributed by atoms with Crippen LogP contribution in [0.1, 0.15) is 22.6 Å². The molecule has 0 atom stereocenters. The Morgan fingerprint density at radius 3 is 2.40 bits per heavy atom. The molecule has 0 radical (unpaired) electrons. The standard InChI is InChI=1S/C13H16N2O4S/c1-9-13(10(2)19-15-9)7-14-20(17,18)12-5-3-11(8-16)4-6-12/h3-6,14,16H,7-8H2,1-2H3. The molecule has 0 aliphatic carbocycles. The van der Waals surface area contributed by atoms with Crippen molar-refractivity contribution in [2.75, 3.05) is 0 Å². The van der Waals surface area contributed by atoms with Gasteiger partial charge in [-0.15, -0.1) is 0 Å². The Morgan fingerprint density at radius 2 is 1.90 bits per heavy atom. The van der Waals surface area contributed by atoms with Crippen molar-refractivity contribution in [1.29, 1.82) is 0 Å². The molecule has 2 aromatic rings. The van der Waals surface area contributed by atoms with E-state index in [0.29, 0.717) is 17.0 Å². The number of aliphatic hydroxyl groups is 1. The molecule has 2 N–H and O–H groups in total. The number of hydrogen-bond donors (Lipinski definition) is 2. The summed E-state index contributed by atoms with van der Waals surface area (Å²) in [6.07, 6.45) is 0. The Bertz CT molecular complexity index is 670. The lowest BCUT2D eigenvalue weighted by Gasteiger charge is -2.07. The number of hydrogen-bond acceptors (Lipinski definition) is 5. The lowest BCUT2D eigenvalue weighted by Crippen LogP contribution is -2.23. The summed E-state index contributed by atoms with van der Waals surface area (Å²) < 4.78 is 31.7. The lowest BCUT2D eigenvalue weighted by molar-refractivity contribution is 0.282. The molecule has 1 heterocycles. The number of sulfonamides is 1. The van der Waals surface area contributed by atoms with E-state index in [-0.39, 0.29) is 18.0 Å². The minimum absolute atomic E-state index is 0.118. The summed E-state index contributed by atoms with van der Waals surface area (Å²) in [6, 6.07) is 6.07. The predicted molar refractivity (Wildman–Crippen MR) is 72.4 cm³/mol. The van der Waals surface area contributed by atoms with Gasteiger partial charge in [-0.05, 0) is 31.5 Å². The summed E-state index contributed by atoms with van der Waals surface area (Å²) in [4.78, 5) is 0.154. The Balaban J connectivity index is 2.15. The summed E-state index contributed by atoms with van der Waals surface area (Å²) in [5.41, 5.74) is 2.07. The fourth-order valence-electron chi connectivity index (χ4n) is 1.78. The van der Waals surface area contributed by atoms with Crippen molar-refractivity contribution in [2.24, 2.45) is 0 Å². The van der Waals surface area contributed by atoms with Gasteiger partial charge in [0.2, 0.25) is 10.0 Å². The third-order valence-electron chi connectivity index (χ3n) is 3.04. The van der Waals surface area contributed by atoms with Crippen molar-refractivity contribution >= 4 is 10.0 Å². The van der Waals surface area contributed by atoms with E-state index in [4.69, 9.17) is 9.63 Å². The molecule has 0 bridgehead atoms. The van der Waals surface area contributed by atoms with E-state index in [1.165, 1.54) is 12.1 Å². The largest absolute Gasteiger partial charge is 0.392 e. The van der Waals surface area contributed by atoms with Gasteiger partial charge in [-0.25, -0.2) is 13.1 Å². The molecule has 1 aromatic carbocycles. The number of aryl methyl sites for hydroxylation is 2. The van der Waals surface area contributed by atoms with Gasteiger partial charge in [0.05, 0.1) is 17.2 Å². The monoisotopic (exact) mass is 296 g/mol. The highest BCUT2D eigenvalue weighted by atomic mass is 32.2. The van der Waals surface area contributed by atoms with Crippen LogP contribution in [0, 0.1) is 13.8 Å². The zero-order valence-corrected chi connectivity index (χ0v) is 12.1. The smallest absolute Gasteiger partial charge is 0.240 e. The molecule has 0 fully saturated rings. The molecule has 6 nitrogen and oxygen atoms in total. The summed E-state index contributed by atoms with van der Waals surface area (Å²) >= 11 is 0. The number of nitrogens with zero attached hydrogens (tertiary/aromatic N) is 1. The molecule has 0 amide bonds. The van der Waals surface area contributed by atoms with E-state index in [1.807, 2.05) is 0 Å². The highest BCUT2D eigenvalue weighted by Gasteiger charge is 2.16. The van der Waals surface area contributed by atoms with Gasteiger partial charge < -0.3 is 9.63 Å². The zero-order chi connectivity index (χ0) is 14.8. The van der Waals surface area contributed by atoms with Crippen LogP contribution in [0.15, 0.2) is 33.7 Å². The van der Waals surface area contributed by atoms with E-state index in [0.717, 1.165) is 5.56 Å². The summed E-state index contributed by atoms with van der Waals surface area (Å²) in [6.45, 7) is 3.51. The van der Waals surface area contributed by atoms with E-state index in [2.05, 4.69) is 9.88 Å². The summed E-state index contributed by atoms with van der Waals surface area (Å²) in [5.74, 6) is 0.598. The maximum atomic E-state index is 12.1. The number of aromatic nitrogens is 1. The Hall–Kier alpha value is -1.70. The molecular weight excluding hydrogens is 280 g/mol. The quantitative estimate of drug-likeness (QED) is 0.866. The van der Waals surface area contributed by atoms with Gasteiger partial charge in [-0.3, -0.25) is 0 Å². The first-order chi connectivity index (χ1) is 9.44. The van der Waals surface area contributed by atoms with Gasteiger partial charge in [-0.1, -0.05) is 17.3 Å². The molecule has 0 spiro atoms. The van der Waals surface area contributed by atoms with Gasteiger partial charge in [0.15, 0.2) is 0 Å².